The van der Waals surface area contributed by atoms with E-state index in [2.05, 4.69) is 16.4 Å². The largest absolute Gasteiger partial charge is 0.497 e. The second-order valence-corrected chi connectivity index (χ2v) is 9.00. The van der Waals surface area contributed by atoms with Gasteiger partial charge in [-0.05, 0) is 35.9 Å². The molecule has 8 nitrogen and oxygen atoms in total. The number of halogens is 2. The first-order valence-electron chi connectivity index (χ1n) is 9.90. The Bertz CT molecular complexity index is 1180. The van der Waals surface area contributed by atoms with E-state index in [-0.39, 0.29) is 15.8 Å². The van der Waals surface area contributed by atoms with Gasteiger partial charge in [-0.3, -0.25) is 14.4 Å². The number of nitriles is 1. The normalized spacial score (nSPS) is 19.6. The number of anilines is 1. The fraction of sp³-hybridized carbons (Fsp3) is 0.261. The minimum Gasteiger partial charge on any atom is -0.497 e. The Labute approximate surface area is 210 Å². The fourth-order valence-electron chi connectivity index (χ4n) is 3.51. The molecule has 0 saturated carbocycles. The molecule has 0 saturated heterocycles. The number of nitrogens with zero attached hydrogens (tertiary/aromatic N) is 2. The van der Waals surface area contributed by atoms with Crippen LogP contribution in [0.5, 0.6) is 5.75 Å². The lowest BCUT2D eigenvalue weighted by atomic mass is 9.75. The van der Waals surface area contributed by atoms with Crippen LogP contribution in [0, 0.1) is 23.2 Å². The maximum absolute atomic E-state index is 12.8. The van der Waals surface area contributed by atoms with Crippen molar-refractivity contribution in [1.82, 2.24) is 0 Å². The van der Waals surface area contributed by atoms with Gasteiger partial charge in [0.2, 0.25) is 5.91 Å². The van der Waals surface area contributed by atoms with Gasteiger partial charge in [-0.15, -0.1) is 0 Å². The van der Waals surface area contributed by atoms with Gasteiger partial charge in [0.1, 0.15) is 17.6 Å². The van der Waals surface area contributed by atoms with Crippen molar-refractivity contribution < 1.29 is 23.9 Å². The number of benzene rings is 2. The van der Waals surface area contributed by atoms with Crippen LogP contribution in [-0.2, 0) is 19.1 Å². The number of thioether (sulfide) groups is 1. The van der Waals surface area contributed by atoms with Crippen molar-refractivity contribution in [1.29, 1.82) is 5.26 Å². The fourth-order valence-corrected chi connectivity index (χ4v) is 4.85. The Hall–Kier alpha value is -3.06. The Kier molecular flexibility index (Phi) is 8.56. The average Bonchev–Trinajstić information content (AvgIpc) is 2.83. The number of carbonyl (C=O) groups is 3. The van der Waals surface area contributed by atoms with Crippen molar-refractivity contribution in [2.75, 3.05) is 25.3 Å². The molecule has 0 radical (unpaired) electrons. The number of hydrogen-bond donors (Lipinski definition) is 1. The van der Waals surface area contributed by atoms with E-state index in [1.165, 1.54) is 20.3 Å². The number of carbonyl (C=O) groups excluding carboxylic acids is 3. The number of hydrogen-bond acceptors (Lipinski definition) is 7. The molecule has 176 valence electrons. The smallest absolute Gasteiger partial charge is 0.319 e. The van der Waals surface area contributed by atoms with Crippen LogP contribution < -0.4 is 10.1 Å². The summed E-state index contributed by atoms with van der Waals surface area (Å²) >= 11 is 12.9. The maximum Gasteiger partial charge on any atom is 0.319 e. The van der Waals surface area contributed by atoms with E-state index in [1.807, 2.05) is 0 Å². The first-order chi connectivity index (χ1) is 16.3. The predicted molar refractivity (Wildman–Crippen MR) is 130 cm³/mol. The van der Waals surface area contributed by atoms with E-state index in [1.54, 1.807) is 36.4 Å². The number of nitrogens with one attached hydrogen (secondary N) is 1. The predicted octanol–water partition coefficient (Wildman–Crippen LogP) is 4.33. The number of ether oxygens (including phenoxy) is 2. The summed E-state index contributed by atoms with van der Waals surface area (Å²) in [4.78, 5) is 41.7. The van der Waals surface area contributed by atoms with Gasteiger partial charge in [0.25, 0.3) is 5.91 Å². The van der Waals surface area contributed by atoms with E-state index >= 15 is 0 Å². The molecular formula is C23H19Cl2N3O5S. The number of methoxy groups -OCH3 is 2. The Morgan fingerprint density at radius 2 is 1.88 bits per heavy atom. The second kappa shape index (κ2) is 11.4. The Balaban J connectivity index is 1.85. The first-order valence-corrected chi connectivity index (χ1v) is 11.6. The molecule has 1 aliphatic heterocycles. The van der Waals surface area contributed by atoms with Crippen LogP contribution in [0.15, 0.2) is 47.5 Å². The SMILES string of the molecule is COC(=O)C1C(=O)N=C(SCC(=O)Nc2ccc(Cl)cc2Cl)C(C#N)C1c1ccc(OC)cc1. The van der Waals surface area contributed by atoms with Crippen molar-refractivity contribution in [2.45, 2.75) is 5.92 Å². The molecule has 3 unspecified atom stereocenters. The summed E-state index contributed by atoms with van der Waals surface area (Å²) in [5.41, 5.74) is 0.943. The molecular weight excluding hydrogens is 501 g/mol. The van der Waals surface area contributed by atoms with Crippen LogP contribution in [0.3, 0.4) is 0 Å². The maximum atomic E-state index is 12.8. The molecule has 2 aromatic rings. The third-order valence-corrected chi connectivity index (χ3v) is 6.72. The molecule has 34 heavy (non-hydrogen) atoms. The van der Waals surface area contributed by atoms with Gasteiger partial charge in [0.05, 0.1) is 41.8 Å². The number of rotatable bonds is 6. The van der Waals surface area contributed by atoms with Crippen LogP contribution in [0.25, 0.3) is 0 Å². The van der Waals surface area contributed by atoms with E-state index in [0.29, 0.717) is 22.0 Å². The summed E-state index contributed by atoms with van der Waals surface area (Å²) < 4.78 is 9.98. The molecule has 1 aliphatic rings. The summed E-state index contributed by atoms with van der Waals surface area (Å²) in [5, 5.41) is 13.4. The van der Waals surface area contributed by atoms with Gasteiger partial charge >= 0.3 is 5.97 Å². The van der Waals surface area contributed by atoms with Crippen molar-refractivity contribution in [3.05, 3.63) is 58.1 Å². The van der Waals surface area contributed by atoms with Crippen LogP contribution in [0.1, 0.15) is 11.5 Å². The molecule has 3 rings (SSSR count). The molecule has 11 heteroatoms. The molecule has 0 fully saturated rings. The highest BCUT2D eigenvalue weighted by atomic mass is 35.5. The minimum atomic E-state index is -1.28. The van der Waals surface area contributed by atoms with Gasteiger partial charge in [-0.2, -0.15) is 5.26 Å². The molecule has 2 amide bonds. The zero-order valence-corrected chi connectivity index (χ0v) is 20.4. The zero-order chi connectivity index (χ0) is 24.8. The average molecular weight is 520 g/mol. The van der Waals surface area contributed by atoms with Gasteiger partial charge in [-0.1, -0.05) is 47.1 Å². The van der Waals surface area contributed by atoms with Gasteiger partial charge in [-0.25, -0.2) is 4.99 Å². The topological polar surface area (TPSA) is 118 Å². The van der Waals surface area contributed by atoms with Crippen LogP contribution in [0.2, 0.25) is 10.0 Å². The number of aliphatic imine (C=N–C) groups is 1. The van der Waals surface area contributed by atoms with Crippen LogP contribution >= 0.6 is 35.0 Å². The van der Waals surface area contributed by atoms with Crippen LogP contribution in [0.4, 0.5) is 5.69 Å². The van der Waals surface area contributed by atoms with Crippen molar-refractivity contribution >= 4 is 63.5 Å². The second-order valence-electron chi connectivity index (χ2n) is 7.16. The summed E-state index contributed by atoms with van der Waals surface area (Å²) in [6, 6.07) is 13.5. The lowest BCUT2D eigenvalue weighted by molar-refractivity contribution is -0.150. The van der Waals surface area contributed by atoms with Crippen molar-refractivity contribution in [3.8, 4) is 11.8 Å². The molecule has 1 N–H and O–H groups in total. The summed E-state index contributed by atoms with van der Waals surface area (Å²) in [6.07, 6.45) is 0. The molecule has 0 spiro atoms. The van der Waals surface area contributed by atoms with E-state index in [4.69, 9.17) is 32.7 Å². The first kappa shape index (κ1) is 25.6. The molecule has 0 aliphatic carbocycles. The molecule has 2 aromatic carbocycles. The van der Waals surface area contributed by atoms with Crippen LogP contribution in [-0.4, -0.2) is 42.8 Å². The summed E-state index contributed by atoms with van der Waals surface area (Å²) in [7, 11) is 2.68. The highest BCUT2D eigenvalue weighted by Crippen LogP contribution is 2.41. The third-order valence-electron chi connectivity index (χ3n) is 5.12. The molecule has 3 atom stereocenters. The molecule has 0 bridgehead atoms. The number of esters is 1. The Morgan fingerprint density at radius 3 is 2.47 bits per heavy atom. The zero-order valence-electron chi connectivity index (χ0n) is 18.1. The molecule has 1 heterocycles. The summed E-state index contributed by atoms with van der Waals surface area (Å²) in [6.45, 7) is 0. The van der Waals surface area contributed by atoms with Gasteiger partial charge in [0.15, 0.2) is 0 Å². The van der Waals surface area contributed by atoms with Crippen molar-refractivity contribution in [3.63, 3.8) is 0 Å². The van der Waals surface area contributed by atoms with E-state index in [9.17, 15) is 19.6 Å². The van der Waals surface area contributed by atoms with E-state index in [0.717, 1.165) is 11.8 Å². The molecule has 0 aromatic heterocycles. The summed E-state index contributed by atoms with van der Waals surface area (Å²) in [5.74, 6) is -4.57. The third kappa shape index (κ3) is 5.70. The van der Waals surface area contributed by atoms with Crippen molar-refractivity contribution in [2.24, 2.45) is 16.8 Å². The highest BCUT2D eigenvalue weighted by molar-refractivity contribution is 8.14. The van der Waals surface area contributed by atoms with E-state index < -0.39 is 35.5 Å². The number of amides is 2. The van der Waals surface area contributed by atoms with Gasteiger partial charge in [0, 0.05) is 10.9 Å². The van der Waals surface area contributed by atoms with Gasteiger partial charge < -0.3 is 14.8 Å². The lowest BCUT2D eigenvalue weighted by Gasteiger charge is -2.31. The monoisotopic (exact) mass is 519 g/mol. The Morgan fingerprint density at radius 1 is 1.18 bits per heavy atom. The highest BCUT2D eigenvalue weighted by Gasteiger charge is 2.47. The quantitative estimate of drug-likeness (QED) is 0.445. The lowest BCUT2D eigenvalue weighted by Crippen LogP contribution is -2.40. The standard InChI is InChI=1S/C23H19Cl2N3O5S/c1-32-14-6-3-12(4-7-14)19-15(10-26)22(28-21(30)20(19)23(31)33-2)34-11-18(29)27-17-8-5-13(24)9-16(17)25/h3-9,15,19-20H,11H2,1-2H3,(H,27,29). The minimum absolute atomic E-state index is 0.137.